The molecule has 0 aromatic heterocycles. The van der Waals surface area contributed by atoms with Gasteiger partial charge in [-0.1, -0.05) is 0 Å². The van der Waals surface area contributed by atoms with Crippen LogP contribution in [0.25, 0.3) is 0 Å². The summed E-state index contributed by atoms with van der Waals surface area (Å²) in [6.07, 6.45) is 0. The quantitative estimate of drug-likeness (QED) is 0.810. The van der Waals surface area contributed by atoms with E-state index in [1.165, 1.54) is 4.90 Å². The van der Waals surface area contributed by atoms with Gasteiger partial charge < -0.3 is 10.2 Å². The van der Waals surface area contributed by atoms with Gasteiger partial charge >= 0.3 is 0 Å². The second-order valence-corrected chi connectivity index (χ2v) is 4.09. The minimum absolute atomic E-state index is 0.224. The first-order chi connectivity index (χ1) is 8.50. The van der Waals surface area contributed by atoms with Crippen LogP contribution in [0.4, 0.5) is 8.78 Å². The van der Waals surface area contributed by atoms with Gasteiger partial charge in [0.25, 0.3) is 5.91 Å². The van der Waals surface area contributed by atoms with Gasteiger partial charge in [-0.25, -0.2) is 8.78 Å². The van der Waals surface area contributed by atoms with Gasteiger partial charge in [0.1, 0.15) is 17.7 Å². The fourth-order valence-corrected chi connectivity index (χ4v) is 1.88. The summed E-state index contributed by atoms with van der Waals surface area (Å²) in [6, 6.07) is 2.11. The van der Waals surface area contributed by atoms with Crippen LogP contribution < -0.4 is 5.32 Å². The standard InChI is InChI=1S/C12H12F2N2O2/c1-7-11(17)15-4-5-16(7)12(18)9-3-2-8(13)6-10(9)14/h2-3,6-7H,4-5H2,1H3,(H,15,17). The third-order valence-electron chi connectivity index (χ3n) is 2.92. The topological polar surface area (TPSA) is 49.4 Å². The number of amides is 2. The lowest BCUT2D eigenvalue weighted by Gasteiger charge is -2.32. The molecule has 4 nitrogen and oxygen atoms in total. The molecule has 1 N–H and O–H groups in total. The molecular weight excluding hydrogens is 242 g/mol. The van der Waals surface area contributed by atoms with E-state index in [2.05, 4.69) is 5.32 Å². The second-order valence-electron chi connectivity index (χ2n) is 4.09. The van der Waals surface area contributed by atoms with Gasteiger partial charge in [0.15, 0.2) is 0 Å². The van der Waals surface area contributed by atoms with Crippen LogP contribution in [-0.4, -0.2) is 35.8 Å². The fourth-order valence-electron chi connectivity index (χ4n) is 1.88. The number of halogens is 2. The van der Waals surface area contributed by atoms with Crippen molar-refractivity contribution in [3.8, 4) is 0 Å². The van der Waals surface area contributed by atoms with Crippen molar-refractivity contribution in [3.63, 3.8) is 0 Å². The van der Waals surface area contributed by atoms with E-state index in [0.29, 0.717) is 19.2 Å². The zero-order valence-electron chi connectivity index (χ0n) is 9.74. The Kier molecular flexibility index (Phi) is 3.27. The van der Waals surface area contributed by atoms with Gasteiger partial charge in [0, 0.05) is 19.2 Å². The van der Waals surface area contributed by atoms with Crippen molar-refractivity contribution in [2.45, 2.75) is 13.0 Å². The van der Waals surface area contributed by atoms with E-state index in [0.717, 1.165) is 12.1 Å². The summed E-state index contributed by atoms with van der Waals surface area (Å²) in [5.41, 5.74) is -0.224. The number of rotatable bonds is 1. The van der Waals surface area contributed by atoms with Gasteiger partial charge in [0.2, 0.25) is 5.91 Å². The van der Waals surface area contributed by atoms with Gasteiger partial charge in [-0.3, -0.25) is 9.59 Å². The predicted octanol–water partition coefficient (Wildman–Crippen LogP) is 0.925. The molecule has 1 atom stereocenters. The lowest BCUT2D eigenvalue weighted by Crippen LogP contribution is -2.55. The maximum absolute atomic E-state index is 13.5. The van der Waals surface area contributed by atoms with Crippen molar-refractivity contribution in [2.75, 3.05) is 13.1 Å². The third kappa shape index (κ3) is 2.18. The molecule has 0 saturated carbocycles. The van der Waals surface area contributed by atoms with Gasteiger partial charge in [0.05, 0.1) is 5.56 Å². The highest BCUT2D eigenvalue weighted by Gasteiger charge is 2.31. The van der Waals surface area contributed by atoms with Gasteiger partial charge in [-0.2, -0.15) is 0 Å². The van der Waals surface area contributed by atoms with Gasteiger partial charge in [-0.15, -0.1) is 0 Å². The molecule has 1 aliphatic rings. The summed E-state index contributed by atoms with van der Waals surface area (Å²) in [7, 11) is 0. The summed E-state index contributed by atoms with van der Waals surface area (Å²) in [6.45, 7) is 2.20. The van der Waals surface area contributed by atoms with E-state index in [-0.39, 0.29) is 11.5 Å². The Bertz CT molecular complexity index is 505. The van der Waals surface area contributed by atoms with Crippen molar-refractivity contribution < 1.29 is 18.4 Å². The summed E-state index contributed by atoms with van der Waals surface area (Å²) >= 11 is 0. The number of benzene rings is 1. The number of piperazine rings is 1. The Labute approximate surface area is 103 Å². The molecule has 2 amide bonds. The molecule has 0 bridgehead atoms. The fraction of sp³-hybridized carbons (Fsp3) is 0.333. The Hall–Kier alpha value is -1.98. The number of hydrogen-bond donors (Lipinski definition) is 1. The summed E-state index contributed by atoms with van der Waals surface area (Å²) in [4.78, 5) is 24.8. The molecule has 0 spiro atoms. The van der Waals surface area contributed by atoms with E-state index in [1.807, 2.05) is 0 Å². The number of nitrogens with one attached hydrogen (secondary N) is 1. The maximum Gasteiger partial charge on any atom is 0.257 e. The monoisotopic (exact) mass is 254 g/mol. The lowest BCUT2D eigenvalue weighted by molar-refractivity contribution is -0.127. The highest BCUT2D eigenvalue weighted by atomic mass is 19.1. The van der Waals surface area contributed by atoms with Crippen LogP contribution in [0.15, 0.2) is 18.2 Å². The Morgan fingerprint density at radius 2 is 2.17 bits per heavy atom. The summed E-state index contributed by atoms with van der Waals surface area (Å²) < 4.78 is 26.3. The van der Waals surface area contributed by atoms with Crippen molar-refractivity contribution in [3.05, 3.63) is 35.4 Å². The van der Waals surface area contributed by atoms with Crippen molar-refractivity contribution in [2.24, 2.45) is 0 Å². The molecule has 1 heterocycles. The normalized spacial score (nSPS) is 19.6. The zero-order chi connectivity index (χ0) is 13.3. The molecule has 0 aliphatic carbocycles. The van der Waals surface area contributed by atoms with E-state index < -0.39 is 23.6 Å². The average molecular weight is 254 g/mol. The van der Waals surface area contributed by atoms with Crippen molar-refractivity contribution >= 4 is 11.8 Å². The van der Waals surface area contributed by atoms with Crippen LogP contribution in [0, 0.1) is 11.6 Å². The molecule has 1 unspecified atom stereocenters. The Morgan fingerprint density at radius 1 is 1.44 bits per heavy atom. The van der Waals surface area contributed by atoms with Crippen molar-refractivity contribution in [1.29, 1.82) is 0 Å². The molecule has 18 heavy (non-hydrogen) atoms. The first kappa shape index (κ1) is 12.5. The van der Waals surface area contributed by atoms with Crippen molar-refractivity contribution in [1.82, 2.24) is 10.2 Å². The molecular formula is C12H12F2N2O2. The predicted molar refractivity (Wildman–Crippen MR) is 59.9 cm³/mol. The maximum atomic E-state index is 13.5. The van der Waals surface area contributed by atoms with Crippen LogP contribution in [0.3, 0.4) is 0 Å². The van der Waals surface area contributed by atoms with E-state index in [9.17, 15) is 18.4 Å². The van der Waals surface area contributed by atoms with E-state index >= 15 is 0 Å². The largest absolute Gasteiger partial charge is 0.353 e. The SMILES string of the molecule is CC1C(=O)NCCN1C(=O)c1ccc(F)cc1F. The molecule has 0 radical (unpaired) electrons. The highest BCUT2D eigenvalue weighted by Crippen LogP contribution is 2.15. The minimum atomic E-state index is -0.918. The summed E-state index contributed by atoms with van der Waals surface area (Å²) in [5.74, 6) is -2.54. The van der Waals surface area contributed by atoms with Crippen LogP contribution in [-0.2, 0) is 4.79 Å². The minimum Gasteiger partial charge on any atom is -0.353 e. The average Bonchev–Trinajstić information content (AvgIpc) is 2.32. The second kappa shape index (κ2) is 4.72. The van der Waals surface area contributed by atoms with Crippen LogP contribution in [0.5, 0.6) is 0 Å². The lowest BCUT2D eigenvalue weighted by atomic mass is 10.1. The van der Waals surface area contributed by atoms with Crippen LogP contribution in [0.1, 0.15) is 17.3 Å². The molecule has 1 saturated heterocycles. The van der Waals surface area contributed by atoms with Gasteiger partial charge in [-0.05, 0) is 19.1 Å². The Balaban J connectivity index is 2.28. The number of nitrogens with zero attached hydrogens (tertiary/aromatic N) is 1. The van der Waals surface area contributed by atoms with E-state index in [4.69, 9.17) is 0 Å². The highest BCUT2D eigenvalue weighted by molar-refractivity contribution is 5.98. The van der Waals surface area contributed by atoms with Crippen LogP contribution >= 0.6 is 0 Å². The molecule has 1 aliphatic heterocycles. The molecule has 1 fully saturated rings. The number of carbonyl (C=O) groups is 2. The number of hydrogen-bond acceptors (Lipinski definition) is 2. The Morgan fingerprint density at radius 3 is 2.83 bits per heavy atom. The van der Waals surface area contributed by atoms with E-state index in [1.54, 1.807) is 6.92 Å². The van der Waals surface area contributed by atoms with Crippen LogP contribution in [0.2, 0.25) is 0 Å². The molecule has 1 aromatic carbocycles. The molecule has 1 aromatic rings. The first-order valence-electron chi connectivity index (χ1n) is 5.54. The zero-order valence-corrected chi connectivity index (χ0v) is 9.74. The third-order valence-corrected chi connectivity index (χ3v) is 2.92. The summed E-state index contributed by atoms with van der Waals surface area (Å²) in [5, 5.41) is 2.61. The molecule has 6 heteroatoms. The smallest absolute Gasteiger partial charge is 0.257 e. The number of carbonyl (C=O) groups excluding carboxylic acids is 2. The molecule has 2 rings (SSSR count). The molecule has 96 valence electrons. The first-order valence-corrected chi connectivity index (χ1v) is 5.54.